The number of benzene rings is 1. The molecule has 0 saturated carbocycles. The van der Waals surface area contributed by atoms with Crippen molar-refractivity contribution in [3.63, 3.8) is 0 Å². The lowest BCUT2D eigenvalue weighted by Crippen LogP contribution is -2.52. The number of unbranched alkanes of at least 4 members (excludes halogenated alkanes) is 2. The zero-order valence-electron chi connectivity index (χ0n) is 18.2. The Morgan fingerprint density at radius 1 is 1.14 bits per heavy atom. The van der Waals surface area contributed by atoms with Gasteiger partial charge in [-0.2, -0.15) is 0 Å². The molecule has 6 heteroatoms. The fraction of sp³-hybridized carbons (Fsp3) is 0.609. The first kappa shape index (κ1) is 24.7. The molecule has 0 radical (unpaired) electrons. The summed E-state index contributed by atoms with van der Waals surface area (Å²) in [6.45, 7) is 7.16. The third-order valence-electron chi connectivity index (χ3n) is 5.16. The van der Waals surface area contributed by atoms with Crippen LogP contribution in [-0.4, -0.2) is 36.8 Å². The molecule has 1 aromatic rings. The highest BCUT2D eigenvalue weighted by Gasteiger charge is 2.28. The Hall–Kier alpha value is -2.37. The van der Waals surface area contributed by atoms with Gasteiger partial charge in [-0.15, -0.1) is 0 Å². The number of nitrogens with zero attached hydrogens (tertiary/aromatic N) is 1. The molecular formula is C23H38N4O2. The fourth-order valence-corrected chi connectivity index (χ4v) is 3.21. The highest BCUT2D eigenvalue weighted by molar-refractivity contribution is 5.83. The first-order valence-electron chi connectivity index (χ1n) is 10.8. The van der Waals surface area contributed by atoms with Crippen LogP contribution < -0.4 is 16.4 Å². The number of aldehydes is 1. The van der Waals surface area contributed by atoms with E-state index in [-0.39, 0.29) is 11.8 Å². The van der Waals surface area contributed by atoms with Crippen LogP contribution in [0, 0.1) is 0 Å². The van der Waals surface area contributed by atoms with E-state index in [4.69, 9.17) is 5.73 Å². The second kappa shape index (κ2) is 13.7. The van der Waals surface area contributed by atoms with Crippen LogP contribution in [0.5, 0.6) is 0 Å². The summed E-state index contributed by atoms with van der Waals surface area (Å²) in [6.07, 6.45) is 7.19. The zero-order valence-corrected chi connectivity index (χ0v) is 18.2. The monoisotopic (exact) mass is 402 g/mol. The van der Waals surface area contributed by atoms with E-state index in [1.54, 1.807) is 0 Å². The Balaban J connectivity index is 2.45. The average Bonchev–Trinajstić information content (AvgIpc) is 2.75. The minimum absolute atomic E-state index is 0.00498. The van der Waals surface area contributed by atoms with Crippen molar-refractivity contribution >= 4 is 18.2 Å². The van der Waals surface area contributed by atoms with Gasteiger partial charge in [-0.3, -0.25) is 9.79 Å². The molecule has 0 bridgehead atoms. The first-order valence-corrected chi connectivity index (χ1v) is 10.8. The van der Waals surface area contributed by atoms with Crippen LogP contribution in [0.25, 0.3) is 0 Å². The smallest absolute Gasteiger partial charge is 0.227 e. The maximum atomic E-state index is 12.2. The Kier molecular flexibility index (Phi) is 11.7. The topological polar surface area (TPSA) is 96.6 Å². The molecule has 1 atom stereocenters. The van der Waals surface area contributed by atoms with Gasteiger partial charge in [0, 0.05) is 13.1 Å². The van der Waals surface area contributed by atoms with E-state index in [0.29, 0.717) is 25.5 Å². The van der Waals surface area contributed by atoms with Gasteiger partial charge < -0.3 is 21.2 Å². The fourth-order valence-electron chi connectivity index (χ4n) is 3.21. The Morgan fingerprint density at radius 3 is 2.31 bits per heavy atom. The predicted molar refractivity (Wildman–Crippen MR) is 120 cm³/mol. The van der Waals surface area contributed by atoms with E-state index in [1.807, 2.05) is 37.3 Å². The molecule has 1 amide bonds. The quantitative estimate of drug-likeness (QED) is 0.192. The lowest BCUT2D eigenvalue weighted by atomic mass is 9.88. The van der Waals surface area contributed by atoms with Gasteiger partial charge in [0.25, 0.3) is 0 Å². The zero-order chi connectivity index (χ0) is 21.5. The molecule has 1 unspecified atom stereocenters. The molecule has 0 aliphatic carbocycles. The van der Waals surface area contributed by atoms with Crippen LogP contribution in [0.15, 0.2) is 35.3 Å². The van der Waals surface area contributed by atoms with Crippen molar-refractivity contribution in [1.29, 1.82) is 0 Å². The Labute approximate surface area is 175 Å². The van der Waals surface area contributed by atoms with E-state index in [9.17, 15) is 9.59 Å². The van der Waals surface area contributed by atoms with Crippen LogP contribution in [0.2, 0.25) is 0 Å². The standard InChI is InChI=1S/C23H38N4O2/c1-4-6-14-23(18-28,15-7-5-2)27-22(24)26-17-11-16-25-21(29)19(3)20-12-9-8-10-13-20/h8-10,12-13,18-19H,4-7,11,14-17H2,1-3H3,(H,25,29)(H3,24,26,27). The third-order valence-corrected chi connectivity index (χ3v) is 5.16. The lowest BCUT2D eigenvalue weighted by Gasteiger charge is -2.30. The molecule has 0 fully saturated rings. The molecular weight excluding hydrogens is 364 g/mol. The molecule has 0 aliphatic rings. The van der Waals surface area contributed by atoms with E-state index in [1.165, 1.54) is 0 Å². The lowest BCUT2D eigenvalue weighted by molar-refractivity contribution is -0.122. The van der Waals surface area contributed by atoms with Crippen molar-refractivity contribution in [3.05, 3.63) is 35.9 Å². The second-order valence-corrected chi connectivity index (χ2v) is 7.65. The van der Waals surface area contributed by atoms with Crippen molar-refractivity contribution in [2.45, 2.75) is 77.2 Å². The molecule has 29 heavy (non-hydrogen) atoms. The van der Waals surface area contributed by atoms with E-state index < -0.39 is 5.54 Å². The summed E-state index contributed by atoms with van der Waals surface area (Å²) in [5.74, 6) is 0.121. The van der Waals surface area contributed by atoms with Gasteiger partial charge in [-0.05, 0) is 31.7 Å². The SMILES string of the molecule is CCCCC(C=O)(CCCC)NC(N)=NCCCNC(=O)C(C)c1ccccc1. The van der Waals surface area contributed by atoms with Crippen molar-refractivity contribution in [2.24, 2.45) is 10.7 Å². The highest BCUT2D eigenvalue weighted by atomic mass is 16.1. The molecule has 4 N–H and O–H groups in total. The van der Waals surface area contributed by atoms with Gasteiger partial charge in [-0.25, -0.2) is 0 Å². The number of hydrogen-bond donors (Lipinski definition) is 3. The predicted octanol–water partition coefficient (Wildman–Crippen LogP) is 3.52. The van der Waals surface area contributed by atoms with Crippen LogP contribution >= 0.6 is 0 Å². The summed E-state index contributed by atoms with van der Waals surface area (Å²) < 4.78 is 0. The molecule has 0 saturated heterocycles. The molecule has 0 aliphatic heterocycles. The number of carbonyl (C=O) groups is 2. The highest BCUT2D eigenvalue weighted by Crippen LogP contribution is 2.19. The maximum absolute atomic E-state index is 12.2. The molecule has 1 rings (SSSR count). The summed E-state index contributed by atoms with van der Waals surface area (Å²) in [7, 11) is 0. The number of guanidine groups is 1. The van der Waals surface area contributed by atoms with Crippen LogP contribution in [-0.2, 0) is 9.59 Å². The number of nitrogens with one attached hydrogen (secondary N) is 2. The minimum Gasteiger partial charge on any atom is -0.370 e. The number of nitrogens with two attached hydrogens (primary N) is 1. The second-order valence-electron chi connectivity index (χ2n) is 7.65. The number of amides is 1. The number of rotatable bonds is 14. The van der Waals surface area contributed by atoms with Gasteiger partial charge in [0.05, 0.1) is 11.5 Å². The van der Waals surface area contributed by atoms with Gasteiger partial charge >= 0.3 is 0 Å². The third kappa shape index (κ3) is 9.11. The van der Waals surface area contributed by atoms with E-state index in [0.717, 1.165) is 50.4 Å². The summed E-state index contributed by atoms with van der Waals surface area (Å²) >= 11 is 0. The minimum atomic E-state index is -0.626. The van der Waals surface area contributed by atoms with Gasteiger partial charge in [0.2, 0.25) is 5.91 Å². The number of hydrogen-bond acceptors (Lipinski definition) is 3. The molecule has 0 heterocycles. The van der Waals surface area contributed by atoms with E-state index in [2.05, 4.69) is 29.5 Å². The van der Waals surface area contributed by atoms with Gasteiger partial charge in [0.15, 0.2) is 5.96 Å². The Bertz CT molecular complexity index is 623. The largest absolute Gasteiger partial charge is 0.370 e. The first-order chi connectivity index (χ1) is 14.0. The van der Waals surface area contributed by atoms with Gasteiger partial charge in [0.1, 0.15) is 6.29 Å². The normalized spacial score (nSPS) is 13.0. The van der Waals surface area contributed by atoms with Crippen molar-refractivity contribution in [3.8, 4) is 0 Å². The Morgan fingerprint density at radius 2 is 1.76 bits per heavy atom. The van der Waals surface area contributed by atoms with Crippen LogP contribution in [0.1, 0.15) is 77.2 Å². The molecule has 162 valence electrons. The molecule has 0 aromatic heterocycles. The average molecular weight is 403 g/mol. The summed E-state index contributed by atoms with van der Waals surface area (Å²) in [5, 5.41) is 6.11. The molecule has 6 nitrogen and oxygen atoms in total. The summed E-state index contributed by atoms with van der Waals surface area (Å²) in [6, 6.07) is 9.72. The number of carbonyl (C=O) groups excluding carboxylic acids is 2. The van der Waals surface area contributed by atoms with Crippen LogP contribution in [0.4, 0.5) is 0 Å². The summed E-state index contributed by atoms with van der Waals surface area (Å²) in [5.41, 5.74) is 6.41. The number of aliphatic imine (C=N–C) groups is 1. The molecule has 0 spiro atoms. The van der Waals surface area contributed by atoms with Crippen molar-refractivity contribution < 1.29 is 9.59 Å². The maximum Gasteiger partial charge on any atom is 0.227 e. The van der Waals surface area contributed by atoms with Gasteiger partial charge in [-0.1, -0.05) is 69.9 Å². The summed E-state index contributed by atoms with van der Waals surface area (Å²) in [4.78, 5) is 28.4. The molecule has 1 aromatic carbocycles. The van der Waals surface area contributed by atoms with Crippen molar-refractivity contribution in [2.75, 3.05) is 13.1 Å². The van der Waals surface area contributed by atoms with E-state index >= 15 is 0 Å². The van der Waals surface area contributed by atoms with Crippen molar-refractivity contribution in [1.82, 2.24) is 10.6 Å². The van der Waals surface area contributed by atoms with Crippen LogP contribution in [0.3, 0.4) is 0 Å².